The molecule has 27 heavy (non-hydrogen) atoms. The van der Waals surface area contributed by atoms with Crippen LogP contribution in [0, 0.1) is 21.7 Å². The van der Waals surface area contributed by atoms with Crippen molar-refractivity contribution in [1.82, 2.24) is 10.2 Å². The van der Waals surface area contributed by atoms with E-state index in [4.69, 9.17) is 0 Å². The van der Waals surface area contributed by atoms with Crippen LogP contribution in [-0.2, 0) is 16.1 Å². The number of rotatable bonds is 2. The zero-order chi connectivity index (χ0) is 19.5. The average Bonchev–Trinajstić information content (AvgIpc) is 3.51. The van der Waals surface area contributed by atoms with Crippen LogP contribution >= 0.6 is 0 Å². The van der Waals surface area contributed by atoms with Crippen LogP contribution in [0.4, 0.5) is 0 Å². The van der Waals surface area contributed by atoms with Gasteiger partial charge in [0, 0.05) is 19.6 Å². The Morgan fingerprint density at radius 1 is 0.889 bits per heavy atom. The fourth-order valence-electron chi connectivity index (χ4n) is 5.22. The van der Waals surface area contributed by atoms with E-state index < -0.39 is 0 Å². The molecule has 1 aromatic rings. The van der Waals surface area contributed by atoms with Crippen molar-refractivity contribution in [2.24, 2.45) is 21.7 Å². The van der Waals surface area contributed by atoms with Gasteiger partial charge in [0.1, 0.15) is 0 Å². The van der Waals surface area contributed by atoms with Crippen LogP contribution in [0.3, 0.4) is 0 Å². The second-order valence-corrected chi connectivity index (χ2v) is 10.3. The minimum atomic E-state index is -0.0121. The van der Waals surface area contributed by atoms with E-state index >= 15 is 0 Å². The molecule has 5 rings (SSSR count). The van der Waals surface area contributed by atoms with Gasteiger partial charge in [-0.05, 0) is 42.1 Å². The Morgan fingerprint density at radius 2 is 1.48 bits per heavy atom. The highest BCUT2D eigenvalue weighted by Crippen LogP contribution is 2.63. The molecule has 4 aliphatic rings. The molecule has 146 valence electrons. The number of carbonyl (C=O) groups is 2. The van der Waals surface area contributed by atoms with E-state index in [0.717, 1.165) is 45.3 Å². The van der Waals surface area contributed by atoms with Crippen LogP contribution in [-0.4, -0.2) is 29.8 Å². The third-order valence-corrected chi connectivity index (χ3v) is 7.72. The summed E-state index contributed by atoms with van der Waals surface area (Å²) < 4.78 is 0. The van der Waals surface area contributed by atoms with Crippen LogP contribution < -0.4 is 5.32 Å². The highest BCUT2D eigenvalue weighted by atomic mass is 16.2. The number of likely N-dealkylation sites (tertiary alicyclic amines) is 1. The molecule has 2 saturated carbocycles. The molecule has 1 N–H and O–H groups in total. The smallest absolute Gasteiger partial charge is 0.229 e. The first-order valence-electron chi connectivity index (χ1n) is 10.3. The lowest BCUT2D eigenvalue weighted by Gasteiger charge is -2.22. The first-order chi connectivity index (χ1) is 12.6. The molecule has 2 spiro atoms. The molecule has 2 saturated heterocycles. The van der Waals surface area contributed by atoms with Crippen molar-refractivity contribution in [1.29, 1.82) is 0 Å². The number of hydrogen-bond acceptors (Lipinski definition) is 2. The summed E-state index contributed by atoms with van der Waals surface area (Å²) in [4.78, 5) is 25.7. The highest BCUT2D eigenvalue weighted by molar-refractivity contribution is 5.89. The van der Waals surface area contributed by atoms with E-state index in [1.165, 1.54) is 5.56 Å². The van der Waals surface area contributed by atoms with E-state index in [9.17, 15) is 9.59 Å². The summed E-state index contributed by atoms with van der Waals surface area (Å²) in [6, 6.07) is 10.3. The molecule has 0 radical (unpaired) electrons. The highest BCUT2D eigenvalue weighted by Gasteiger charge is 2.66. The summed E-state index contributed by atoms with van der Waals surface area (Å²) in [5, 5.41) is 2.92. The number of nitrogens with zero attached hydrogens (tertiary/aromatic N) is 1. The zero-order valence-corrected chi connectivity index (χ0v) is 17.1. The first-order valence-corrected chi connectivity index (χ1v) is 10.3. The molecule has 4 nitrogen and oxygen atoms in total. The Morgan fingerprint density at radius 3 is 1.89 bits per heavy atom. The largest absolute Gasteiger partial charge is 0.355 e. The number of nitrogens with one attached hydrogen (secondary N) is 1. The molecule has 0 bridgehead atoms. The third-order valence-electron chi connectivity index (χ3n) is 7.72. The van der Waals surface area contributed by atoms with E-state index in [-0.39, 0.29) is 27.6 Å². The molecule has 2 amide bonds. The molecule has 2 aliphatic carbocycles. The minimum absolute atomic E-state index is 0.0121. The Labute approximate surface area is 162 Å². The Kier molecular flexibility index (Phi) is 4.00. The maximum Gasteiger partial charge on any atom is 0.229 e. The average molecular weight is 369 g/mol. The van der Waals surface area contributed by atoms with Crippen molar-refractivity contribution >= 4 is 11.8 Å². The van der Waals surface area contributed by atoms with Crippen LogP contribution in [0.15, 0.2) is 30.3 Å². The van der Waals surface area contributed by atoms with Gasteiger partial charge in [0.15, 0.2) is 0 Å². The Hall–Kier alpha value is -1.84. The SMILES string of the molecule is CC1(C)CN(Cc2ccccc2)C(=O)C12CC2.CC1(C)CNC(=O)C12CC2. The molecule has 4 fully saturated rings. The van der Waals surface area contributed by atoms with Gasteiger partial charge in [-0.1, -0.05) is 58.0 Å². The third kappa shape index (κ3) is 2.79. The van der Waals surface area contributed by atoms with Crippen LogP contribution in [0.5, 0.6) is 0 Å². The lowest BCUT2D eigenvalue weighted by molar-refractivity contribution is -0.133. The summed E-state index contributed by atoms with van der Waals surface area (Å²) in [6.07, 6.45) is 4.38. The molecular weight excluding hydrogens is 336 g/mol. The van der Waals surface area contributed by atoms with Gasteiger partial charge in [-0.15, -0.1) is 0 Å². The van der Waals surface area contributed by atoms with E-state index in [2.05, 4.69) is 45.1 Å². The van der Waals surface area contributed by atoms with Crippen molar-refractivity contribution in [2.45, 2.75) is 59.9 Å². The van der Waals surface area contributed by atoms with Gasteiger partial charge in [-0.25, -0.2) is 0 Å². The number of benzene rings is 1. The topological polar surface area (TPSA) is 49.4 Å². The van der Waals surface area contributed by atoms with Gasteiger partial charge < -0.3 is 10.2 Å². The predicted octanol–water partition coefficient (Wildman–Crippen LogP) is 3.76. The summed E-state index contributed by atoms with van der Waals surface area (Å²) in [6.45, 7) is 11.4. The molecule has 0 aromatic heterocycles. The van der Waals surface area contributed by atoms with E-state index in [1.54, 1.807) is 0 Å². The minimum Gasteiger partial charge on any atom is -0.355 e. The van der Waals surface area contributed by atoms with Gasteiger partial charge in [-0.3, -0.25) is 9.59 Å². The maximum absolute atomic E-state index is 12.4. The van der Waals surface area contributed by atoms with Crippen LogP contribution in [0.2, 0.25) is 0 Å². The molecule has 2 aliphatic heterocycles. The fraction of sp³-hybridized carbons (Fsp3) is 0.652. The predicted molar refractivity (Wildman–Crippen MR) is 106 cm³/mol. The van der Waals surface area contributed by atoms with Crippen molar-refractivity contribution in [2.75, 3.05) is 13.1 Å². The van der Waals surface area contributed by atoms with Gasteiger partial charge in [0.25, 0.3) is 0 Å². The van der Waals surface area contributed by atoms with Gasteiger partial charge in [-0.2, -0.15) is 0 Å². The first kappa shape index (κ1) is 18.5. The van der Waals surface area contributed by atoms with Gasteiger partial charge >= 0.3 is 0 Å². The lowest BCUT2D eigenvalue weighted by Crippen LogP contribution is -2.27. The summed E-state index contributed by atoms with van der Waals surface area (Å²) in [5.74, 6) is 0.670. The van der Waals surface area contributed by atoms with Crippen molar-refractivity contribution in [3.05, 3.63) is 35.9 Å². The number of carbonyl (C=O) groups excluding carboxylic acids is 2. The number of hydrogen-bond donors (Lipinski definition) is 1. The maximum atomic E-state index is 12.4. The normalized spacial score (nSPS) is 27.3. The standard InChI is InChI=1S/C15H19NO.C8H13NO/c1-14(2)11-16(13(17)15(14)8-9-15)10-12-6-4-3-5-7-12;1-7(2)5-9-6(10)8(7)3-4-8/h3-7H,8-11H2,1-2H3;3-5H2,1-2H3,(H,9,10). The Balaban J connectivity index is 0.000000153. The quantitative estimate of drug-likeness (QED) is 0.864. The zero-order valence-electron chi connectivity index (χ0n) is 17.1. The van der Waals surface area contributed by atoms with Crippen molar-refractivity contribution in [3.63, 3.8) is 0 Å². The second kappa shape index (κ2) is 5.83. The summed E-state index contributed by atoms with van der Waals surface area (Å²) >= 11 is 0. The second-order valence-electron chi connectivity index (χ2n) is 10.3. The molecule has 2 heterocycles. The van der Waals surface area contributed by atoms with Crippen LogP contribution in [0.1, 0.15) is 58.9 Å². The summed E-state index contributed by atoms with van der Waals surface area (Å²) in [5.41, 5.74) is 1.63. The summed E-state index contributed by atoms with van der Waals surface area (Å²) in [7, 11) is 0. The molecule has 0 atom stereocenters. The van der Waals surface area contributed by atoms with Crippen LogP contribution in [0.25, 0.3) is 0 Å². The van der Waals surface area contributed by atoms with Gasteiger partial charge in [0.05, 0.1) is 10.8 Å². The Bertz CT molecular complexity index is 758. The van der Waals surface area contributed by atoms with Crippen molar-refractivity contribution < 1.29 is 9.59 Å². The monoisotopic (exact) mass is 368 g/mol. The van der Waals surface area contributed by atoms with Gasteiger partial charge in [0.2, 0.25) is 11.8 Å². The molecule has 1 aromatic carbocycles. The van der Waals surface area contributed by atoms with Crippen molar-refractivity contribution in [3.8, 4) is 0 Å². The molecular formula is C23H32N2O2. The molecule has 0 unspecified atom stereocenters. The van der Waals surface area contributed by atoms with E-state index in [0.29, 0.717) is 5.91 Å². The number of amides is 2. The lowest BCUT2D eigenvalue weighted by atomic mass is 9.79. The van der Waals surface area contributed by atoms with E-state index in [1.807, 2.05) is 23.1 Å². The molecule has 4 heteroatoms. The fourth-order valence-corrected chi connectivity index (χ4v) is 5.22.